The van der Waals surface area contributed by atoms with E-state index >= 15 is 0 Å². The molecular formula is C20H27NO2. The Morgan fingerprint density at radius 3 is 2.43 bits per heavy atom. The lowest BCUT2D eigenvalue weighted by Gasteiger charge is -2.55. The Bertz CT molecular complexity index is 560. The molecule has 1 aromatic carbocycles. The van der Waals surface area contributed by atoms with E-state index < -0.39 is 0 Å². The number of hydrogen-bond acceptors (Lipinski definition) is 2. The third-order valence-electron chi connectivity index (χ3n) is 6.08. The van der Waals surface area contributed by atoms with Crippen LogP contribution in [0.5, 0.6) is 5.75 Å². The Morgan fingerprint density at radius 2 is 1.83 bits per heavy atom. The summed E-state index contributed by atoms with van der Waals surface area (Å²) < 4.78 is 5.68. The van der Waals surface area contributed by atoms with Crippen LogP contribution < -0.4 is 10.1 Å². The Hall–Kier alpha value is -1.51. The highest BCUT2D eigenvalue weighted by Gasteiger charge is 2.54. The first-order valence-electron chi connectivity index (χ1n) is 9.21. The second-order valence-corrected chi connectivity index (χ2v) is 8.03. The largest absolute Gasteiger partial charge is 0.494 e. The lowest BCUT2D eigenvalue weighted by atomic mass is 9.49. The third-order valence-corrected chi connectivity index (χ3v) is 6.08. The van der Waals surface area contributed by atoms with E-state index in [1.165, 1.54) is 19.3 Å². The van der Waals surface area contributed by atoms with Crippen LogP contribution in [0.25, 0.3) is 0 Å². The summed E-state index contributed by atoms with van der Waals surface area (Å²) in [6.07, 6.45) is 8.42. The summed E-state index contributed by atoms with van der Waals surface area (Å²) in [6.45, 7) is 2.81. The molecule has 0 unspecified atom stereocenters. The van der Waals surface area contributed by atoms with Gasteiger partial charge in [0.2, 0.25) is 5.91 Å². The number of nitrogens with one attached hydrogen (secondary N) is 1. The highest BCUT2D eigenvalue weighted by atomic mass is 16.5. The first-order chi connectivity index (χ1) is 11.2. The quantitative estimate of drug-likeness (QED) is 0.860. The molecule has 0 spiro atoms. The van der Waals surface area contributed by atoms with Crippen molar-refractivity contribution >= 4 is 11.6 Å². The fourth-order valence-corrected chi connectivity index (χ4v) is 5.54. The minimum atomic E-state index is -0.0883. The summed E-state index contributed by atoms with van der Waals surface area (Å²) in [7, 11) is 0. The standard InChI is InChI=1S/C20H27NO2/c1-2-6-23-18-5-3-4-17(10-18)21-19(22)20-11-14-7-15(12-20)9-16(8-14)13-20/h3-5,10,14-16H,2,6-9,11-13H2,1H3,(H,21,22). The molecule has 1 N–H and O–H groups in total. The predicted octanol–water partition coefficient (Wildman–Crippen LogP) is 4.63. The first kappa shape index (κ1) is 15.0. The lowest BCUT2D eigenvalue weighted by molar-refractivity contribution is -0.140. The molecule has 4 bridgehead atoms. The lowest BCUT2D eigenvalue weighted by Crippen LogP contribution is -2.51. The van der Waals surface area contributed by atoms with E-state index in [9.17, 15) is 4.79 Å². The fourth-order valence-electron chi connectivity index (χ4n) is 5.54. The van der Waals surface area contributed by atoms with E-state index in [1.54, 1.807) is 0 Å². The van der Waals surface area contributed by atoms with Crippen LogP contribution in [-0.4, -0.2) is 12.5 Å². The van der Waals surface area contributed by atoms with E-state index in [0.29, 0.717) is 6.61 Å². The van der Waals surface area contributed by atoms with Gasteiger partial charge in [-0.3, -0.25) is 4.79 Å². The summed E-state index contributed by atoms with van der Waals surface area (Å²) in [5, 5.41) is 3.20. The SMILES string of the molecule is CCCOc1cccc(NC(=O)C23CC4CC(CC(C4)C2)C3)c1. The van der Waals surface area contributed by atoms with Gasteiger partial charge in [-0.05, 0) is 74.8 Å². The molecule has 124 valence electrons. The van der Waals surface area contributed by atoms with E-state index in [0.717, 1.165) is 54.9 Å². The number of hydrogen-bond donors (Lipinski definition) is 1. The molecule has 4 fully saturated rings. The topological polar surface area (TPSA) is 38.3 Å². The Morgan fingerprint density at radius 1 is 1.17 bits per heavy atom. The van der Waals surface area contributed by atoms with Gasteiger partial charge < -0.3 is 10.1 Å². The van der Waals surface area contributed by atoms with Crippen LogP contribution in [0.1, 0.15) is 51.9 Å². The molecule has 4 aliphatic rings. The van der Waals surface area contributed by atoms with Crippen molar-refractivity contribution in [2.75, 3.05) is 11.9 Å². The Balaban J connectivity index is 1.48. The van der Waals surface area contributed by atoms with Crippen LogP contribution in [0.15, 0.2) is 24.3 Å². The summed E-state index contributed by atoms with van der Waals surface area (Å²) in [4.78, 5) is 13.0. The van der Waals surface area contributed by atoms with Gasteiger partial charge >= 0.3 is 0 Å². The van der Waals surface area contributed by atoms with Crippen LogP contribution in [0.2, 0.25) is 0 Å². The van der Waals surface area contributed by atoms with Crippen molar-refractivity contribution in [3.63, 3.8) is 0 Å². The van der Waals surface area contributed by atoms with Gasteiger partial charge in [0.25, 0.3) is 0 Å². The first-order valence-corrected chi connectivity index (χ1v) is 9.21. The fraction of sp³-hybridized carbons (Fsp3) is 0.650. The van der Waals surface area contributed by atoms with Crippen LogP contribution >= 0.6 is 0 Å². The second-order valence-electron chi connectivity index (χ2n) is 8.03. The summed E-state index contributed by atoms with van der Waals surface area (Å²) in [5.74, 6) is 3.49. The molecule has 0 aliphatic heterocycles. The highest BCUT2D eigenvalue weighted by molar-refractivity contribution is 5.95. The summed E-state index contributed by atoms with van der Waals surface area (Å²) >= 11 is 0. The van der Waals surface area contributed by atoms with Crippen LogP contribution in [0, 0.1) is 23.2 Å². The van der Waals surface area contributed by atoms with Gasteiger partial charge in [-0.15, -0.1) is 0 Å². The van der Waals surface area contributed by atoms with Gasteiger partial charge in [-0.1, -0.05) is 13.0 Å². The van der Waals surface area contributed by atoms with Crippen molar-refractivity contribution in [3.8, 4) is 5.75 Å². The van der Waals surface area contributed by atoms with Gasteiger partial charge in [-0.25, -0.2) is 0 Å². The van der Waals surface area contributed by atoms with E-state index in [4.69, 9.17) is 4.74 Å². The van der Waals surface area contributed by atoms with E-state index in [2.05, 4.69) is 12.2 Å². The number of carbonyl (C=O) groups excluding carboxylic acids is 1. The molecule has 0 heterocycles. The summed E-state index contributed by atoms with van der Waals surface area (Å²) in [5.41, 5.74) is 0.786. The van der Waals surface area contributed by atoms with Crippen molar-refractivity contribution < 1.29 is 9.53 Å². The van der Waals surface area contributed by atoms with Gasteiger partial charge in [0.1, 0.15) is 5.75 Å². The number of ether oxygens (including phenoxy) is 1. The minimum absolute atomic E-state index is 0.0883. The van der Waals surface area contributed by atoms with Gasteiger partial charge in [0.05, 0.1) is 12.0 Å². The molecule has 3 nitrogen and oxygen atoms in total. The minimum Gasteiger partial charge on any atom is -0.494 e. The second kappa shape index (κ2) is 5.85. The number of benzene rings is 1. The predicted molar refractivity (Wildman–Crippen MR) is 91.5 cm³/mol. The molecule has 23 heavy (non-hydrogen) atoms. The maximum absolute atomic E-state index is 13.0. The van der Waals surface area contributed by atoms with Crippen LogP contribution in [-0.2, 0) is 4.79 Å². The molecule has 4 saturated carbocycles. The van der Waals surface area contributed by atoms with Crippen LogP contribution in [0.4, 0.5) is 5.69 Å². The number of rotatable bonds is 5. The van der Waals surface area contributed by atoms with Crippen molar-refractivity contribution in [3.05, 3.63) is 24.3 Å². The number of amides is 1. The van der Waals surface area contributed by atoms with Crippen LogP contribution in [0.3, 0.4) is 0 Å². The normalized spacial score (nSPS) is 34.4. The summed E-state index contributed by atoms with van der Waals surface area (Å²) in [6, 6.07) is 7.83. The number of anilines is 1. The average molecular weight is 313 g/mol. The molecule has 3 heteroatoms. The molecule has 0 saturated heterocycles. The molecule has 0 radical (unpaired) electrons. The monoisotopic (exact) mass is 313 g/mol. The maximum atomic E-state index is 13.0. The molecule has 4 aliphatic carbocycles. The molecule has 1 amide bonds. The van der Waals surface area contributed by atoms with Gasteiger partial charge in [0, 0.05) is 11.8 Å². The molecule has 5 rings (SSSR count). The molecule has 0 aromatic heterocycles. The molecule has 0 atom stereocenters. The molecular weight excluding hydrogens is 286 g/mol. The zero-order chi connectivity index (χ0) is 15.9. The Kier molecular flexibility index (Phi) is 3.82. The zero-order valence-electron chi connectivity index (χ0n) is 14.0. The van der Waals surface area contributed by atoms with E-state index in [1.807, 2.05) is 24.3 Å². The highest BCUT2D eigenvalue weighted by Crippen LogP contribution is 2.60. The van der Waals surface area contributed by atoms with Crippen molar-refractivity contribution in [1.82, 2.24) is 0 Å². The maximum Gasteiger partial charge on any atom is 0.230 e. The van der Waals surface area contributed by atoms with E-state index in [-0.39, 0.29) is 11.3 Å². The van der Waals surface area contributed by atoms with Gasteiger partial charge in [0.15, 0.2) is 0 Å². The number of carbonyl (C=O) groups is 1. The van der Waals surface area contributed by atoms with Gasteiger partial charge in [-0.2, -0.15) is 0 Å². The van der Waals surface area contributed by atoms with Crippen molar-refractivity contribution in [2.45, 2.75) is 51.9 Å². The third kappa shape index (κ3) is 2.86. The zero-order valence-corrected chi connectivity index (χ0v) is 14.0. The average Bonchev–Trinajstić information content (AvgIpc) is 2.52. The van der Waals surface area contributed by atoms with Crippen molar-refractivity contribution in [2.24, 2.45) is 23.2 Å². The van der Waals surface area contributed by atoms with Crippen molar-refractivity contribution in [1.29, 1.82) is 0 Å². The molecule has 1 aromatic rings. The smallest absolute Gasteiger partial charge is 0.230 e. The Labute approximate surface area is 138 Å².